The number of nitrogens with one attached hydrogen (secondary N) is 1. The van der Waals surface area contributed by atoms with Gasteiger partial charge in [-0.1, -0.05) is 23.2 Å². The van der Waals surface area contributed by atoms with Gasteiger partial charge in [-0.25, -0.2) is 5.01 Å². The topological polar surface area (TPSA) is 67.9 Å². The predicted octanol–water partition coefficient (Wildman–Crippen LogP) is 3.18. The van der Waals surface area contributed by atoms with Gasteiger partial charge in [-0.05, 0) is 42.0 Å². The molecule has 1 N–H and O–H groups in total. The van der Waals surface area contributed by atoms with Gasteiger partial charge in [-0.2, -0.15) is 0 Å². The molecule has 0 saturated carbocycles. The molecule has 0 radical (unpaired) electrons. The smallest absolute Gasteiger partial charge is 0.282 e. The fourth-order valence-corrected chi connectivity index (χ4v) is 2.86. The average Bonchev–Trinajstić information content (AvgIpc) is 3.15. The van der Waals surface area contributed by atoms with Crippen molar-refractivity contribution in [1.29, 1.82) is 0 Å². The third kappa shape index (κ3) is 2.79. The monoisotopic (exact) mass is 376 g/mol. The van der Waals surface area contributed by atoms with Crippen molar-refractivity contribution in [3.63, 3.8) is 0 Å². The standard InChI is InChI=1S/C17H10Cl2N2O4/c18-10-1-3-11(4-2-10)21-17(23)12(16(22)20-21)5-9-6-14-15(7-13(9)19)25-8-24-14/h1-7H,8H2,(H,20,22). The molecule has 1 fully saturated rings. The maximum absolute atomic E-state index is 12.6. The number of hydrazine groups is 1. The first kappa shape index (κ1) is 15.8. The van der Waals surface area contributed by atoms with Gasteiger partial charge >= 0.3 is 0 Å². The molecular formula is C17H10Cl2N2O4. The molecule has 2 aromatic rings. The summed E-state index contributed by atoms with van der Waals surface area (Å²) in [7, 11) is 0. The van der Waals surface area contributed by atoms with E-state index in [1.807, 2.05) is 0 Å². The van der Waals surface area contributed by atoms with Crippen molar-refractivity contribution >= 4 is 46.8 Å². The summed E-state index contributed by atoms with van der Waals surface area (Å²) in [4.78, 5) is 24.8. The molecule has 2 aromatic carbocycles. The van der Waals surface area contributed by atoms with Crippen LogP contribution in [0.2, 0.25) is 10.0 Å². The van der Waals surface area contributed by atoms with Crippen molar-refractivity contribution < 1.29 is 19.1 Å². The summed E-state index contributed by atoms with van der Waals surface area (Å²) < 4.78 is 10.5. The summed E-state index contributed by atoms with van der Waals surface area (Å²) in [5.41, 5.74) is 3.48. The minimum atomic E-state index is -0.520. The molecule has 0 unspecified atom stereocenters. The molecule has 2 amide bonds. The van der Waals surface area contributed by atoms with Crippen LogP contribution in [0.1, 0.15) is 5.56 Å². The quantitative estimate of drug-likeness (QED) is 0.645. The van der Waals surface area contributed by atoms with Crippen LogP contribution in [0.25, 0.3) is 6.08 Å². The molecule has 2 heterocycles. The molecular weight excluding hydrogens is 367 g/mol. The van der Waals surface area contributed by atoms with Crippen LogP contribution in [0.15, 0.2) is 42.0 Å². The fraction of sp³-hybridized carbons (Fsp3) is 0.0588. The van der Waals surface area contributed by atoms with E-state index in [1.165, 1.54) is 6.08 Å². The molecule has 4 rings (SSSR count). The number of rotatable bonds is 2. The number of nitrogens with zero attached hydrogens (tertiary/aromatic N) is 1. The van der Waals surface area contributed by atoms with Crippen LogP contribution in [0, 0.1) is 0 Å². The van der Waals surface area contributed by atoms with Crippen molar-refractivity contribution in [2.75, 3.05) is 11.8 Å². The molecule has 0 atom stereocenters. The summed E-state index contributed by atoms with van der Waals surface area (Å²) in [6.07, 6.45) is 1.43. The number of halogens is 2. The maximum Gasteiger partial charge on any atom is 0.282 e. The van der Waals surface area contributed by atoms with Crippen molar-refractivity contribution in [1.82, 2.24) is 5.43 Å². The van der Waals surface area contributed by atoms with E-state index in [9.17, 15) is 9.59 Å². The number of ether oxygens (including phenoxy) is 2. The van der Waals surface area contributed by atoms with Gasteiger partial charge in [0.15, 0.2) is 11.5 Å². The third-order valence-corrected chi connectivity index (χ3v) is 4.35. The first-order valence-electron chi connectivity index (χ1n) is 7.25. The summed E-state index contributed by atoms with van der Waals surface area (Å²) in [5.74, 6) is 0.0311. The second-order valence-corrected chi connectivity index (χ2v) is 6.19. The number of amides is 2. The Morgan fingerprint density at radius 3 is 2.44 bits per heavy atom. The Bertz CT molecular complexity index is 925. The Kier molecular flexibility index (Phi) is 3.78. The van der Waals surface area contributed by atoms with E-state index in [2.05, 4.69) is 5.43 Å². The first-order valence-corrected chi connectivity index (χ1v) is 8.00. The van der Waals surface area contributed by atoms with E-state index in [4.69, 9.17) is 32.7 Å². The van der Waals surface area contributed by atoms with E-state index >= 15 is 0 Å². The summed E-state index contributed by atoms with van der Waals surface area (Å²) in [6, 6.07) is 9.75. The van der Waals surface area contributed by atoms with Gasteiger partial charge in [-0.15, -0.1) is 0 Å². The lowest BCUT2D eigenvalue weighted by Gasteiger charge is -2.14. The minimum absolute atomic E-state index is 0.0317. The second kappa shape index (κ2) is 5.98. The van der Waals surface area contributed by atoms with Crippen molar-refractivity contribution in [3.05, 3.63) is 57.6 Å². The van der Waals surface area contributed by atoms with Crippen LogP contribution < -0.4 is 19.9 Å². The number of hydrogen-bond donors (Lipinski definition) is 1. The van der Waals surface area contributed by atoms with Crippen LogP contribution in [0.5, 0.6) is 11.5 Å². The molecule has 0 bridgehead atoms. The number of benzene rings is 2. The Morgan fingerprint density at radius 2 is 1.72 bits per heavy atom. The van der Waals surface area contributed by atoms with E-state index in [-0.39, 0.29) is 12.4 Å². The normalized spacial score (nSPS) is 17.4. The second-order valence-electron chi connectivity index (χ2n) is 5.34. The minimum Gasteiger partial charge on any atom is -0.454 e. The van der Waals surface area contributed by atoms with Crippen LogP contribution in [-0.4, -0.2) is 18.6 Å². The van der Waals surface area contributed by atoms with Gasteiger partial charge in [0.25, 0.3) is 11.8 Å². The first-order chi connectivity index (χ1) is 12.0. The highest BCUT2D eigenvalue weighted by molar-refractivity contribution is 6.35. The highest BCUT2D eigenvalue weighted by Gasteiger charge is 2.34. The van der Waals surface area contributed by atoms with Gasteiger partial charge in [0.05, 0.1) is 10.7 Å². The highest BCUT2D eigenvalue weighted by Crippen LogP contribution is 2.38. The third-order valence-electron chi connectivity index (χ3n) is 3.77. The molecule has 25 heavy (non-hydrogen) atoms. The largest absolute Gasteiger partial charge is 0.454 e. The Morgan fingerprint density at radius 1 is 1.04 bits per heavy atom. The molecule has 0 aromatic heterocycles. The highest BCUT2D eigenvalue weighted by atomic mass is 35.5. The molecule has 1 saturated heterocycles. The SMILES string of the molecule is O=C1NN(c2ccc(Cl)cc2)C(=O)C1=Cc1cc2c(cc1Cl)OCO2. The van der Waals surface area contributed by atoms with Crippen LogP contribution in [-0.2, 0) is 9.59 Å². The van der Waals surface area contributed by atoms with Gasteiger partial charge in [-0.3, -0.25) is 15.0 Å². The number of fused-ring (bicyclic) bond motifs is 1. The zero-order valence-corrected chi connectivity index (χ0v) is 14.1. The number of anilines is 1. The molecule has 8 heteroatoms. The van der Waals surface area contributed by atoms with E-state index in [0.29, 0.717) is 32.8 Å². The average molecular weight is 377 g/mol. The van der Waals surface area contributed by atoms with E-state index in [1.54, 1.807) is 36.4 Å². The van der Waals surface area contributed by atoms with E-state index in [0.717, 1.165) is 5.01 Å². The summed E-state index contributed by atoms with van der Waals surface area (Å²) in [6.45, 7) is 0.107. The summed E-state index contributed by atoms with van der Waals surface area (Å²) in [5, 5.41) is 2.04. The molecule has 0 spiro atoms. The van der Waals surface area contributed by atoms with Crippen LogP contribution in [0.3, 0.4) is 0 Å². The van der Waals surface area contributed by atoms with Crippen molar-refractivity contribution in [2.24, 2.45) is 0 Å². The van der Waals surface area contributed by atoms with Gasteiger partial charge < -0.3 is 9.47 Å². The van der Waals surface area contributed by atoms with Crippen molar-refractivity contribution in [3.8, 4) is 11.5 Å². The molecule has 126 valence electrons. The molecule has 2 aliphatic heterocycles. The van der Waals surface area contributed by atoms with E-state index < -0.39 is 11.8 Å². The number of carbonyl (C=O) groups is 2. The molecule has 2 aliphatic rings. The van der Waals surface area contributed by atoms with Crippen LogP contribution in [0.4, 0.5) is 5.69 Å². The molecule has 6 nitrogen and oxygen atoms in total. The Hall–Kier alpha value is -2.70. The lowest BCUT2D eigenvalue weighted by atomic mass is 10.1. The summed E-state index contributed by atoms with van der Waals surface area (Å²) >= 11 is 12.0. The van der Waals surface area contributed by atoms with Gasteiger partial charge in [0.2, 0.25) is 6.79 Å². The lowest BCUT2D eigenvalue weighted by Crippen LogP contribution is -2.35. The van der Waals surface area contributed by atoms with Crippen LogP contribution >= 0.6 is 23.2 Å². The van der Waals surface area contributed by atoms with Gasteiger partial charge in [0.1, 0.15) is 5.57 Å². The number of carbonyl (C=O) groups excluding carboxylic acids is 2. The Labute approximate surface area is 152 Å². The van der Waals surface area contributed by atoms with Gasteiger partial charge in [0, 0.05) is 11.1 Å². The zero-order chi connectivity index (χ0) is 17.6. The fourth-order valence-electron chi connectivity index (χ4n) is 2.53. The lowest BCUT2D eigenvalue weighted by molar-refractivity contribution is -0.117. The Balaban J connectivity index is 1.69. The zero-order valence-electron chi connectivity index (χ0n) is 12.6. The maximum atomic E-state index is 12.6. The number of hydrogen-bond acceptors (Lipinski definition) is 4. The van der Waals surface area contributed by atoms with Crippen molar-refractivity contribution in [2.45, 2.75) is 0 Å². The molecule has 0 aliphatic carbocycles. The predicted molar refractivity (Wildman–Crippen MR) is 92.6 cm³/mol.